The lowest BCUT2D eigenvalue weighted by Crippen LogP contribution is -2.11. The molecule has 0 saturated heterocycles. The van der Waals surface area contributed by atoms with Crippen LogP contribution in [0.2, 0.25) is 0 Å². The van der Waals surface area contributed by atoms with Crippen LogP contribution in [0.25, 0.3) is 11.0 Å². The molecule has 66 valence electrons. The summed E-state index contributed by atoms with van der Waals surface area (Å²) in [6.45, 7) is -0.129. The predicted octanol–water partition coefficient (Wildman–Crippen LogP) is 1.20. The van der Waals surface area contributed by atoms with E-state index in [1.54, 1.807) is 10.9 Å². The molecule has 2 aromatic rings. The smallest absolute Gasteiger partial charge is 0.114 e. The van der Waals surface area contributed by atoms with Gasteiger partial charge in [-0.2, -0.15) is 0 Å². The third kappa shape index (κ3) is 1.34. The zero-order chi connectivity index (χ0) is 9.26. The summed E-state index contributed by atoms with van der Waals surface area (Å²) < 4.78 is 1.71. The Hall–Kier alpha value is -1.26. The first-order chi connectivity index (χ1) is 6.33. The molecule has 13 heavy (non-hydrogen) atoms. The minimum absolute atomic E-state index is 0.129. The molecule has 0 unspecified atom stereocenters. The third-order valence-corrected chi connectivity index (χ3v) is 2.18. The lowest BCUT2D eigenvalue weighted by molar-refractivity contribution is 0.356. The van der Waals surface area contributed by atoms with Crippen LogP contribution >= 0.6 is 12.2 Å². The Labute approximate surface area is 80.6 Å². The number of fused-ring (bicyclic) bond motifs is 1. The normalized spacial score (nSPS) is 10.5. The number of hydrogen-bond donors (Lipinski definition) is 1. The summed E-state index contributed by atoms with van der Waals surface area (Å²) >= 11 is 4.98. The largest absolute Gasteiger partial charge is 0.389 e. The fraction of sp³-hybridized carbons (Fsp3) is 0.111. The molecule has 2 rings (SSSR count). The molecule has 1 aromatic heterocycles. The highest BCUT2D eigenvalue weighted by atomic mass is 32.1. The number of thiocarbonyl (C=S) groups is 1. The second kappa shape index (κ2) is 3.24. The fourth-order valence-corrected chi connectivity index (χ4v) is 1.38. The van der Waals surface area contributed by atoms with Gasteiger partial charge in [-0.3, -0.25) is 4.57 Å². The van der Waals surface area contributed by atoms with Gasteiger partial charge >= 0.3 is 0 Å². The van der Waals surface area contributed by atoms with Gasteiger partial charge in [0.1, 0.15) is 11.3 Å². The molecule has 0 saturated carbocycles. The van der Waals surface area contributed by atoms with E-state index < -0.39 is 0 Å². The van der Waals surface area contributed by atoms with Crippen LogP contribution in [0.1, 0.15) is 0 Å². The van der Waals surface area contributed by atoms with Crippen molar-refractivity contribution in [3.8, 4) is 0 Å². The van der Waals surface area contributed by atoms with E-state index in [0.717, 1.165) is 11.0 Å². The Bertz CT molecular complexity index is 450. The number of para-hydroxylation sites is 2. The van der Waals surface area contributed by atoms with E-state index in [2.05, 4.69) is 4.98 Å². The Morgan fingerprint density at radius 1 is 1.46 bits per heavy atom. The SMILES string of the molecule is OCC(=S)n1cnc2ccccc21. The van der Waals surface area contributed by atoms with Crippen molar-refractivity contribution >= 4 is 28.2 Å². The highest BCUT2D eigenvalue weighted by molar-refractivity contribution is 7.80. The molecule has 0 aliphatic heterocycles. The van der Waals surface area contributed by atoms with Crippen LogP contribution in [0.3, 0.4) is 0 Å². The second-order valence-electron chi connectivity index (χ2n) is 2.66. The van der Waals surface area contributed by atoms with E-state index in [9.17, 15) is 0 Å². The van der Waals surface area contributed by atoms with E-state index >= 15 is 0 Å². The number of rotatable bonds is 1. The highest BCUT2D eigenvalue weighted by Crippen LogP contribution is 2.11. The summed E-state index contributed by atoms with van der Waals surface area (Å²) in [5, 5.41) is 8.88. The van der Waals surface area contributed by atoms with Crippen LogP contribution < -0.4 is 0 Å². The molecule has 1 heterocycles. The number of hydrogen-bond acceptors (Lipinski definition) is 3. The summed E-state index contributed by atoms with van der Waals surface area (Å²) in [6.07, 6.45) is 1.63. The third-order valence-electron chi connectivity index (χ3n) is 1.86. The molecule has 0 amide bonds. The van der Waals surface area contributed by atoms with Crippen LogP contribution in [0.4, 0.5) is 0 Å². The summed E-state index contributed by atoms with van der Waals surface area (Å²) in [5.41, 5.74) is 1.82. The van der Waals surface area contributed by atoms with Crippen LogP contribution in [0.15, 0.2) is 30.6 Å². The quantitative estimate of drug-likeness (QED) is 0.690. The van der Waals surface area contributed by atoms with E-state index in [4.69, 9.17) is 17.3 Å². The maximum Gasteiger partial charge on any atom is 0.114 e. The minimum Gasteiger partial charge on any atom is -0.389 e. The number of aromatic nitrogens is 2. The first-order valence-electron chi connectivity index (χ1n) is 3.89. The Balaban J connectivity index is 2.64. The fourth-order valence-electron chi connectivity index (χ4n) is 1.23. The van der Waals surface area contributed by atoms with Gasteiger partial charge in [-0.25, -0.2) is 4.98 Å². The molecule has 3 nitrogen and oxygen atoms in total. The van der Waals surface area contributed by atoms with Crippen molar-refractivity contribution in [2.24, 2.45) is 0 Å². The molecule has 0 bridgehead atoms. The van der Waals surface area contributed by atoms with Gasteiger partial charge in [0.2, 0.25) is 0 Å². The standard InChI is InChI=1S/C9H8N2OS/c12-5-9(13)11-6-10-7-3-1-2-4-8(7)11/h1-4,6,12H,5H2. The van der Waals surface area contributed by atoms with Crippen molar-refractivity contribution in [3.05, 3.63) is 30.6 Å². The second-order valence-corrected chi connectivity index (χ2v) is 3.13. The van der Waals surface area contributed by atoms with Crippen molar-refractivity contribution in [3.63, 3.8) is 0 Å². The number of benzene rings is 1. The van der Waals surface area contributed by atoms with Gasteiger partial charge in [0, 0.05) is 0 Å². The molecule has 0 aliphatic rings. The molecule has 4 heteroatoms. The average molecular weight is 192 g/mol. The minimum atomic E-state index is -0.129. The summed E-state index contributed by atoms with van der Waals surface area (Å²) in [5.74, 6) is 0. The highest BCUT2D eigenvalue weighted by Gasteiger charge is 2.03. The molecule has 0 aliphatic carbocycles. The molecular weight excluding hydrogens is 184 g/mol. The van der Waals surface area contributed by atoms with Gasteiger partial charge in [0.25, 0.3) is 0 Å². The molecule has 1 N–H and O–H groups in total. The number of aliphatic hydroxyl groups excluding tert-OH is 1. The van der Waals surface area contributed by atoms with Gasteiger partial charge in [-0.05, 0) is 12.1 Å². The number of nitrogens with zero attached hydrogens (tertiary/aromatic N) is 2. The van der Waals surface area contributed by atoms with Gasteiger partial charge in [-0.15, -0.1) is 0 Å². The molecular formula is C9H8N2OS. The zero-order valence-electron chi connectivity index (χ0n) is 6.84. The number of imidazole rings is 1. The monoisotopic (exact) mass is 192 g/mol. The lowest BCUT2D eigenvalue weighted by atomic mass is 10.3. The maximum absolute atomic E-state index is 8.88. The Kier molecular flexibility index (Phi) is 2.08. The van der Waals surface area contributed by atoms with Crippen molar-refractivity contribution < 1.29 is 5.11 Å². The summed E-state index contributed by atoms with van der Waals surface area (Å²) in [6, 6.07) is 7.66. The van der Waals surface area contributed by atoms with Crippen molar-refractivity contribution in [1.82, 2.24) is 9.55 Å². The van der Waals surface area contributed by atoms with Gasteiger partial charge in [0.05, 0.1) is 17.6 Å². The van der Waals surface area contributed by atoms with E-state index in [-0.39, 0.29) is 6.61 Å². The summed E-state index contributed by atoms with van der Waals surface area (Å²) in [4.78, 5) is 4.62. The zero-order valence-corrected chi connectivity index (χ0v) is 7.66. The molecule has 1 aromatic carbocycles. The lowest BCUT2D eigenvalue weighted by Gasteiger charge is -2.01. The topological polar surface area (TPSA) is 38.0 Å². The van der Waals surface area contributed by atoms with E-state index in [1.165, 1.54) is 0 Å². The molecule has 0 radical (unpaired) electrons. The maximum atomic E-state index is 8.88. The van der Waals surface area contributed by atoms with E-state index in [1.807, 2.05) is 24.3 Å². The van der Waals surface area contributed by atoms with Crippen LogP contribution in [0.5, 0.6) is 0 Å². The summed E-state index contributed by atoms with van der Waals surface area (Å²) in [7, 11) is 0. The van der Waals surface area contributed by atoms with Crippen LogP contribution in [-0.2, 0) is 0 Å². The van der Waals surface area contributed by atoms with Gasteiger partial charge < -0.3 is 5.11 Å². The van der Waals surface area contributed by atoms with Crippen molar-refractivity contribution in [2.45, 2.75) is 0 Å². The average Bonchev–Trinajstić information content (AvgIpc) is 2.60. The first kappa shape index (κ1) is 8.34. The Morgan fingerprint density at radius 3 is 3.00 bits per heavy atom. The predicted molar refractivity (Wildman–Crippen MR) is 54.8 cm³/mol. The van der Waals surface area contributed by atoms with Crippen LogP contribution in [-0.4, -0.2) is 26.3 Å². The Morgan fingerprint density at radius 2 is 2.23 bits per heavy atom. The van der Waals surface area contributed by atoms with Gasteiger partial charge in [0.15, 0.2) is 0 Å². The van der Waals surface area contributed by atoms with Crippen molar-refractivity contribution in [2.75, 3.05) is 6.61 Å². The number of aliphatic hydroxyl groups is 1. The molecule has 0 spiro atoms. The van der Waals surface area contributed by atoms with Crippen LogP contribution in [0, 0.1) is 0 Å². The van der Waals surface area contributed by atoms with Gasteiger partial charge in [-0.1, -0.05) is 24.4 Å². The van der Waals surface area contributed by atoms with Crippen molar-refractivity contribution in [1.29, 1.82) is 0 Å². The molecule has 0 atom stereocenters. The van der Waals surface area contributed by atoms with E-state index in [0.29, 0.717) is 4.99 Å². The molecule has 0 fully saturated rings. The first-order valence-corrected chi connectivity index (χ1v) is 4.30.